The van der Waals surface area contributed by atoms with Gasteiger partial charge in [-0.15, -0.1) is 0 Å². The van der Waals surface area contributed by atoms with Crippen LogP contribution in [-0.4, -0.2) is 56.0 Å². The Morgan fingerprint density at radius 1 is 1.29 bits per heavy atom. The molecule has 0 radical (unpaired) electrons. The fourth-order valence-corrected chi connectivity index (χ4v) is 3.41. The summed E-state index contributed by atoms with van der Waals surface area (Å²) in [5, 5.41) is 8.27. The lowest BCUT2D eigenvalue weighted by atomic mass is 10.2. The second-order valence-corrected chi connectivity index (χ2v) is 6.42. The summed E-state index contributed by atoms with van der Waals surface area (Å²) in [5.74, 6) is 0. The van der Waals surface area contributed by atoms with Crippen LogP contribution in [0.3, 0.4) is 0 Å². The number of ether oxygens (including phenoxy) is 1. The molecule has 0 saturated carbocycles. The number of nitrogens with zero attached hydrogens (tertiary/aromatic N) is 1. The second-order valence-electron chi connectivity index (χ2n) is 4.11. The molecule has 0 amide bonds. The third-order valence-electron chi connectivity index (χ3n) is 2.96. The summed E-state index contributed by atoms with van der Waals surface area (Å²) < 4.78 is 30.9. The first kappa shape index (κ1) is 16.8. The van der Waals surface area contributed by atoms with Crippen molar-refractivity contribution in [3.63, 3.8) is 0 Å². The van der Waals surface area contributed by atoms with Crippen molar-refractivity contribution in [3.8, 4) is 0 Å². The first-order valence-electron chi connectivity index (χ1n) is 6.06. The zero-order valence-corrected chi connectivity index (χ0v) is 12.0. The molecule has 104 valence electrons. The first-order chi connectivity index (χ1) is 7.95. The molecule has 0 aliphatic rings. The lowest BCUT2D eigenvalue weighted by molar-refractivity contribution is 0.162. The molecule has 1 N–H and O–H groups in total. The predicted molar refractivity (Wildman–Crippen MR) is 68.4 cm³/mol. The summed E-state index contributed by atoms with van der Waals surface area (Å²) in [4.78, 5) is 0. The van der Waals surface area contributed by atoms with Crippen LogP contribution in [0.15, 0.2) is 0 Å². The highest BCUT2D eigenvalue weighted by molar-refractivity contribution is 7.89. The van der Waals surface area contributed by atoms with E-state index in [0.29, 0.717) is 13.2 Å². The highest BCUT2D eigenvalue weighted by Crippen LogP contribution is 2.17. The van der Waals surface area contributed by atoms with Gasteiger partial charge in [0.15, 0.2) is 0 Å². The maximum atomic E-state index is 12.2. The summed E-state index contributed by atoms with van der Waals surface area (Å²) in [5.41, 5.74) is 0. The first-order valence-corrected chi connectivity index (χ1v) is 7.56. The van der Waals surface area contributed by atoms with Crippen molar-refractivity contribution < 1.29 is 18.3 Å². The summed E-state index contributed by atoms with van der Waals surface area (Å²) >= 11 is 0. The minimum atomic E-state index is -3.44. The average Bonchev–Trinajstić information content (AvgIpc) is 2.33. The Morgan fingerprint density at radius 2 is 1.82 bits per heavy atom. The molecule has 1 unspecified atom stereocenters. The zero-order chi connectivity index (χ0) is 13.5. The molecule has 0 aliphatic carbocycles. The number of methoxy groups -OCH3 is 1. The molecule has 0 bridgehead atoms. The van der Waals surface area contributed by atoms with Crippen LogP contribution in [0, 0.1) is 0 Å². The van der Waals surface area contributed by atoms with Crippen molar-refractivity contribution in [2.75, 3.05) is 26.9 Å². The van der Waals surface area contributed by atoms with Gasteiger partial charge in [-0.25, -0.2) is 8.42 Å². The molecule has 0 fully saturated rings. The van der Waals surface area contributed by atoms with Crippen molar-refractivity contribution in [2.45, 2.75) is 44.9 Å². The molecule has 0 rings (SSSR count). The fraction of sp³-hybridized carbons (Fsp3) is 1.00. The topological polar surface area (TPSA) is 66.8 Å². The molecule has 0 saturated heterocycles. The highest BCUT2D eigenvalue weighted by Gasteiger charge is 2.32. The largest absolute Gasteiger partial charge is 0.395 e. The minimum Gasteiger partial charge on any atom is -0.395 e. The normalized spacial score (nSPS) is 14.5. The van der Waals surface area contributed by atoms with E-state index in [-0.39, 0.29) is 12.6 Å². The van der Waals surface area contributed by atoms with Gasteiger partial charge in [0.05, 0.1) is 18.5 Å². The Labute approximate surface area is 105 Å². The Kier molecular flexibility index (Phi) is 7.94. The number of rotatable bonds is 9. The Balaban J connectivity index is 5.02. The van der Waals surface area contributed by atoms with E-state index in [4.69, 9.17) is 9.84 Å². The van der Waals surface area contributed by atoms with Gasteiger partial charge in [-0.3, -0.25) is 0 Å². The van der Waals surface area contributed by atoms with Crippen LogP contribution in [0.1, 0.15) is 33.6 Å². The van der Waals surface area contributed by atoms with Crippen LogP contribution in [-0.2, 0) is 14.8 Å². The molecular weight excluding hydrogens is 242 g/mol. The molecule has 0 heterocycles. The van der Waals surface area contributed by atoms with Gasteiger partial charge in [0.2, 0.25) is 10.0 Å². The van der Waals surface area contributed by atoms with Crippen LogP contribution in [0.25, 0.3) is 0 Å². The maximum absolute atomic E-state index is 12.2. The van der Waals surface area contributed by atoms with E-state index in [9.17, 15) is 8.42 Å². The van der Waals surface area contributed by atoms with Crippen molar-refractivity contribution in [3.05, 3.63) is 0 Å². The van der Waals surface area contributed by atoms with E-state index in [0.717, 1.165) is 12.8 Å². The third kappa shape index (κ3) is 4.54. The average molecular weight is 267 g/mol. The lowest BCUT2D eigenvalue weighted by Crippen LogP contribution is -2.46. The Morgan fingerprint density at radius 3 is 2.18 bits per heavy atom. The van der Waals surface area contributed by atoms with E-state index in [1.807, 2.05) is 13.8 Å². The molecule has 0 aromatic carbocycles. The summed E-state index contributed by atoms with van der Waals surface area (Å²) in [7, 11) is -1.89. The van der Waals surface area contributed by atoms with Crippen LogP contribution < -0.4 is 0 Å². The van der Waals surface area contributed by atoms with E-state index >= 15 is 0 Å². The smallest absolute Gasteiger partial charge is 0.219 e. The highest BCUT2D eigenvalue weighted by atomic mass is 32.2. The molecule has 17 heavy (non-hydrogen) atoms. The van der Waals surface area contributed by atoms with Crippen LogP contribution in [0.4, 0.5) is 0 Å². The standard InChI is InChI=1S/C11H25NO4S/c1-5-11(6-2)12(7-8-16-4)17(14,15)10(3)9-13/h10-11,13H,5-9H2,1-4H3. The molecule has 6 heteroatoms. The van der Waals surface area contributed by atoms with Gasteiger partial charge in [0.25, 0.3) is 0 Å². The number of aliphatic hydroxyl groups is 1. The molecular formula is C11H25NO4S. The summed E-state index contributed by atoms with van der Waals surface area (Å²) in [6.07, 6.45) is 1.52. The van der Waals surface area contributed by atoms with Crippen molar-refractivity contribution in [1.29, 1.82) is 0 Å². The number of sulfonamides is 1. The number of aliphatic hydroxyl groups excluding tert-OH is 1. The molecule has 0 spiro atoms. The van der Waals surface area contributed by atoms with Crippen LogP contribution >= 0.6 is 0 Å². The Bertz CT molecular complexity index is 288. The molecule has 5 nitrogen and oxygen atoms in total. The third-order valence-corrected chi connectivity index (χ3v) is 5.26. The SMILES string of the molecule is CCC(CC)N(CCOC)S(=O)(=O)C(C)CO. The van der Waals surface area contributed by atoms with E-state index in [1.54, 1.807) is 7.11 Å². The van der Waals surface area contributed by atoms with Crippen molar-refractivity contribution >= 4 is 10.0 Å². The van der Waals surface area contributed by atoms with Gasteiger partial charge >= 0.3 is 0 Å². The molecule has 0 aromatic heterocycles. The quantitative estimate of drug-likeness (QED) is 0.672. The van der Waals surface area contributed by atoms with E-state index in [1.165, 1.54) is 11.2 Å². The van der Waals surface area contributed by atoms with E-state index < -0.39 is 15.3 Å². The zero-order valence-electron chi connectivity index (χ0n) is 11.2. The van der Waals surface area contributed by atoms with Gasteiger partial charge in [-0.1, -0.05) is 13.8 Å². The molecule has 1 atom stereocenters. The fourth-order valence-electron chi connectivity index (χ4n) is 1.72. The monoisotopic (exact) mass is 267 g/mol. The van der Waals surface area contributed by atoms with Crippen molar-refractivity contribution in [1.82, 2.24) is 4.31 Å². The summed E-state index contributed by atoms with van der Waals surface area (Å²) in [6.45, 7) is 5.81. The van der Waals surface area contributed by atoms with Crippen LogP contribution in [0.2, 0.25) is 0 Å². The predicted octanol–water partition coefficient (Wildman–Crippen LogP) is 0.834. The van der Waals surface area contributed by atoms with E-state index in [2.05, 4.69) is 0 Å². The number of hydrogen-bond acceptors (Lipinski definition) is 4. The van der Waals surface area contributed by atoms with Crippen LogP contribution in [0.5, 0.6) is 0 Å². The van der Waals surface area contributed by atoms with Crippen molar-refractivity contribution in [2.24, 2.45) is 0 Å². The Hall–Kier alpha value is -0.170. The maximum Gasteiger partial charge on any atom is 0.219 e. The van der Waals surface area contributed by atoms with Gasteiger partial charge in [-0.05, 0) is 19.8 Å². The van der Waals surface area contributed by atoms with Gasteiger partial charge in [-0.2, -0.15) is 4.31 Å². The van der Waals surface area contributed by atoms with Gasteiger partial charge in [0, 0.05) is 19.7 Å². The van der Waals surface area contributed by atoms with Gasteiger partial charge in [0.1, 0.15) is 0 Å². The minimum absolute atomic E-state index is 0.0239. The number of hydrogen-bond donors (Lipinski definition) is 1. The molecule has 0 aromatic rings. The lowest BCUT2D eigenvalue weighted by Gasteiger charge is -2.31. The summed E-state index contributed by atoms with van der Waals surface area (Å²) in [6, 6.07) is -0.0239. The second kappa shape index (κ2) is 8.02. The van der Waals surface area contributed by atoms with Gasteiger partial charge < -0.3 is 9.84 Å². The molecule has 0 aliphatic heterocycles.